The molecule has 0 N–H and O–H groups in total. The van der Waals surface area contributed by atoms with Crippen LogP contribution in [0, 0.1) is 5.92 Å². The minimum Gasteiger partial charge on any atom is -0.465 e. The Labute approximate surface area is 106 Å². The molecular formula is C12H24O3Si2. The fourth-order valence-corrected chi connectivity index (χ4v) is 12.6. The highest BCUT2D eigenvalue weighted by atomic mass is 28.4. The van der Waals surface area contributed by atoms with Crippen LogP contribution in [0.3, 0.4) is 0 Å². The largest absolute Gasteiger partial charge is 0.465 e. The summed E-state index contributed by atoms with van der Waals surface area (Å²) in [5.74, 6) is 0.0354. The van der Waals surface area contributed by atoms with Gasteiger partial charge in [-0.3, -0.25) is 4.79 Å². The molecule has 98 valence electrons. The van der Waals surface area contributed by atoms with Crippen molar-refractivity contribution in [3.63, 3.8) is 0 Å². The Balaban J connectivity index is 2.58. The Morgan fingerprint density at radius 1 is 1.35 bits per heavy atom. The maximum Gasteiger partial charge on any atom is 0.308 e. The average molecular weight is 272 g/mol. The third-order valence-electron chi connectivity index (χ3n) is 2.93. The molecule has 0 saturated carbocycles. The first-order valence-electron chi connectivity index (χ1n) is 6.23. The summed E-state index contributed by atoms with van der Waals surface area (Å²) in [7, 11) is -3.32. The van der Waals surface area contributed by atoms with Gasteiger partial charge in [-0.2, -0.15) is 0 Å². The summed E-state index contributed by atoms with van der Waals surface area (Å²) in [5, 5.41) is 0. The van der Waals surface area contributed by atoms with Gasteiger partial charge in [0.1, 0.15) is 0 Å². The highest BCUT2D eigenvalue weighted by Crippen LogP contribution is 2.36. The lowest BCUT2D eigenvalue weighted by molar-refractivity contribution is -0.147. The molecule has 1 saturated heterocycles. The number of carbonyl (C=O) groups excluding carboxylic acids is 1. The van der Waals surface area contributed by atoms with Crippen molar-refractivity contribution in [2.45, 2.75) is 44.7 Å². The van der Waals surface area contributed by atoms with Gasteiger partial charge in [0, 0.05) is 0 Å². The molecule has 0 unspecified atom stereocenters. The number of carbonyl (C=O) groups is 1. The van der Waals surface area contributed by atoms with Crippen LogP contribution in [0.2, 0.25) is 38.3 Å². The molecule has 0 aromatic carbocycles. The molecular weight excluding hydrogens is 248 g/mol. The van der Waals surface area contributed by atoms with E-state index in [1.54, 1.807) is 6.08 Å². The van der Waals surface area contributed by atoms with Crippen molar-refractivity contribution >= 4 is 22.6 Å². The van der Waals surface area contributed by atoms with E-state index >= 15 is 0 Å². The Kier molecular flexibility index (Phi) is 4.74. The van der Waals surface area contributed by atoms with Crippen molar-refractivity contribution in [3.05, 3.63) is 12.7 Å². The van der Waals surface area contributed by atoms with E-state index in [4.69, 9.17) is 8.85 Å². The monoisotopic (exact) mass is 272 g/mol. The molecule has 0 amide bonds. The molecule has 1 aliphatic heterocycles. The second-order valence-electron chi connectivity index (χ2n) is 5.97. The lowest BCUT2D eigenvalue weighted by atomic mass is 10.2. The molecule has 1 aliphatic rings. The molecule has 0 bridgehead atoms. The third kappa shape index (κ3) is 4.77. The third-order valence-corrected chi connectivity index (χ3v) is 10.3. The van der Waals surface area contributed by atoms with E-state index in [2.05, 4.69) is 32.8 Å². The summed E-state index contributed by atoms with van der Waals surface area (Å²) in [6.45, 7) is 12.9. The van der Waals surface area contributed by atoms with Crippen LogP contribution >= 0.6 is 0 Å². The van der Waals surface area contributed by atoms with Gasteiger partial charge < -0.3 is 8.85 Å². The van der Waals surface area contributed by atoms with Crippen molar-refractivity contribution in [3.8, 4) is 0 Å². The first kappa shape index (κ1) is 14.7. The summed E-state index contributed by atoms with van der Waals surface area (Å²) in [4.78, 5) is 12.0. The highest BCUT2D eigenvalue weighted by molar-refractivity contribution is 6.86. The standard InChI is InChI=1S/C12H24O3Si2/c1-6-7-8-14-12(13)11-9-16(2,3)15-17(4,5)10-11/h6,11H,1,7-10H2,2-5H3. The van der Waals surface area contributed by atoms with Crippen LogP contribution in [0.15, 0.2) is 12.7 Å². The van der Waals surface area contributed by atoms with E-state index in [9.17, 15) is 4.79 Å². The van der Waals surface area contributed by atoms with Crippen LogP contribution in [0.1, 0.15) is 6.42 Å². The first-order valence-corrected chi connectivity index (χ1v) is 12.5. The van der Waals surface area contributed by atoms with Crippen LogP contribution in [-0.2, 0) is 13.6 Å². The SMILES string of the molecule is C=CCCOC(=O)C1C[Si](C)(C)O[Si](C)(C)C1. The van der Waals surface area contributed by atoms with Crippen LogP contribution in [-0.4, -0.2) is 29.2 Å². The van der Waals surface area contributed by atoms with Gasteiger partial charge in [0.05, 0.1) is 12.5 Å². The Morgan fingerprint density at radius 3 is 2.35 bits per heavy atom. The fourth-order valence-electron chi connectivity index (χ4n) is 2.62. The molecule has 0 aromatic heterocycles. The first-order chi connectivity index (χ1) is 7.76. The minimum atomic E-state index is -1.66. The molecule has 1 rings (SSSR count). The number of hydrogen-bond donors (Lipinski definition) is 0. The maximum atomic E-state index is 12.0. The minimum absolute atomic E-state index is 0.0312. The lowest BCUT2D eigenvalue weighted by Crippen LogP contribution is -2.52. The van der Waals surface area contributed by atoms with E-state index in [1.165, 1.54) is 0 Å². The Morgan fingerprint density at radius 2 is 1.88 bits per heavy atom. The number of rotatable bonds is 4. The van der Waals surface area contributed by atoms with Crippen molar-refractivity contribution < 1.29 is 13.6 Å². The topological polar surface area (TPSA) is 35.5 Å². The lowest BCUT2D eigenvalue weighted by Gasteiger charge is -2.42. The zero-order valence-corrected chi connectivity index (χ0v) is 13.4. The van der Waals surface area contributed by atoms with Gasteiger partial charge in [-0.1, -0.05) is 6.08 Å². The summed E-state index contributed by atoms with van der Waals surface area (Å²) < 4.78 is 11.5. The van der Waals surface area contributed by atoms with Gasteiger partial charge >= 0.3 is 5.97 Å². The molecule has 1 heterocycles. The number of esters is 1. The molecule has 0 radical (unpaired) electrons. The van der Waals surface area contributed by atoms with E-state index in [0.717, 1.165) is 18.5 Å². The van der Waals surface area contributed by atoms with Gasteiger partial charge in [-0.05, 0) is 44.7 Å². The smallest absolute Gasteiger partial charge is 0.308 e. The van der Waals surface area contributed by atoms with Crippen LogP contribution in [0.25, 0.3) is 0 Å². The second-order valence-corrected chi connectivity index (χ2v) is 14.6. The van der Waals surface area contributed by atoms with Gasteiger partial charge in [0.2, 0.25) is 0 Å². The quantitative estimate of drug-likeness (QED) is 0.341. The average Bonchev–Trinajstić information content (AvgIpc) is 2.13. The summed E-state index contributed by atoms with van der Waals surface area (Å²) in [6, 6.07) is 1.80. The van der Waals surface area contributed by atoms with E-state index in [0.29, 0.717) is 6.61 Å². The summed E-state index contributed by atoms with van der Waals surface area (Å²) in [5.41, 5.74) is 0. The van der Waals surface area contributed by atoms with Gasteiger partial charge in [-0.25, -0.2) is 0 Å². The van der Waals surface area contributed by atoms with E-state index in [-0.39, 0.29) is 11.9 Å². The molecule has 3 nitrogen and oxygen atoms in total. The molecule has 5 heteroatoms. The second kappa shape index (κ2) is 5.50. The van der Waals surface area contributed by atoms with Gasteiger partial charge in [0.15, 0.2) is 16.6 Å². The van der Waals surface area contributed by atoms with E-state index < -0.39 is 16.6 Å². The van der Waals surface area contributed by atoms with Crippen molar-refractivity contribution in [2.75, 3.05) is 6.61 Å². The maximum absolute atomic E-state index is 12.0. The normalized spacial score (nSPS) is 23.1. The zero-order chi connectivity index (χ0) is 13.1. The van der Waals surface area contributed by atoms with Crippen LogP contribution < -0.4 is 0 Å². The zero-order valence-electron chi connectivity index (χ0n) is 11.4. The number of hydrogen-bond acceptors (Lipinski definition) is 3. The fraction of sp³-hybridized carbons (Fsp3) is 0.750. The number of ether oxygens (including phenoxy) is 1. The molecule has 0 spiro atoms. The molecule has 1 fully saturated rings. The molecule has 0 atom stereocenters. The molecule has 17 heavy (non-hydrogen) atoms. The van der Waals surface area contributed by atoms with Gasteiger partial charge in [0.25, 0.3) is 0 Å². The van der Waals surface area contributed by atoms with Gasteiger partial charge in [-0.15, -0.1) is 6.58 Å². The van der Waals surface area contributed by atoms with Crippen molar-refractivity contribution in [1.29, 1.82) is 0 Å². The highest BCUT2D eigenvalue weighted by Gasteiger charge is 2.45. The van der Waals surface area contributed by atoms with Crippen LogP contribution in [0.5, 0.6) is 0 Å². The summed E-state index contributed by atoms with van der Waals surface area (Å²) >= 11 is 0. The van der Waals surface area contributed by atoms with Crippen molar-refractivity contribution in [1.82, 2.24) is 0 Å². The molecule has 0 aromatic rings. The van der Waals surface area contributed by atoms with E-state index in [1.807, 2.05) is 0 Å². The molecule has 0 aliphatic carbocycles. The summed E-state index contributed by atoms with van der Waals surface area (Å²) in [6.07, 6.45) is 2.51. The predicted molar refractivity (Wildman–Crippen MR) is 74.9 cm³/mol. The predicted octanol–water partition coefficient (Wildman–Crippen LogP) is 3.16. The van der Waals surface area contributed by atoms with Crippen molar-refractivity contribution in [2.24, 2.45) is 5.92 Å². The van der Waals surface area contributed by atoms with Crippen LogP contribution in [0.4, 0.5) is 0 Å². The Bertz CT molecular complexity index is 284. The Hall–Kier alpha value is -0.396.